The quantitative estimate of drug-likeness (QED) is 0.561. The maximum Gasteiger partial charge on any atom is 0.335 e. The second-order valence-electron chi connectivity index (χ2n) is 8.22. The first-order chi connectivity index (χ1) is 14.1. The fraction of sp³-hybridized carbons (Fsp3) is 0.591. The molecule has 0 bridgehead atoms. The maximum atomic E-state index is 13.0. The summed E-state index contributed by atoms with van der Waals surface area (Å²) in [7, 11) is 1.64. The molecular weight excluding hydrogens is 370 g/mol. The molecule has 1 atom stereocenters. The first-order valence-electron chi connectivity index (χ1n) is 10.7. The predicted molar refractivity (Wildman–Crippen MR) is 107 cm³/mol. The van der Waals surface area contributed by atoms with Gasteiger partial charge in [-0.1, -0.05) is 37.8 Å². The van der Waals surface area contributed by atoms with Crippen molar-refractivity contribution < 1.29 is 19.1 Å². The van der Waals surface area contributed by atoms with Crippen LogP contribution in [0.5, 0.6) is 5.75 Å². The number of carbonyl (C=O) groups is 3. The van der Waals surface area contributed by atoms with Gasteiger partial charge in [0.1, 0.15) is 5.75 Å². The first kappa shape index (κ1) is 19.9. The van der Waals surface area contributed by atoms with E-state index in [9.17, 15) is 14.4 Å². The van der Waals surface area contributed by atoms with Crippen LogP contribution in [-0.4, -0.2) is 58.9 Å². The molecule has 2 saturated heterocycles. The SMILES string of the molecule is COc1ccc(C2CCCCCN2CN2C(=O)C(=O)N(C3CCCC3)C2=O)cc1. The molecule has 3 fully saturated rings. The number of nitrogens with zero attached hydrogens (tertiary/aromatic N) is 3. The van der Waals surface area contributed by atoms with E-state index in [0.717, 1.165) is 74.1 Å². The highest BCUT2D eigenvalue weighted by Crippen LogP contribution is 2.33. The summed E-state index contributed by atoms with van der Waals surface area (Å²) >= 11 is 0. The first-order valence-corrected chi connectivity index (χ1v) is 10.7. The van der Waals surface area contributed by atoms with Crippen LogP contribution in [0.15, 0.2) is 24.3 Å². The van der Waals surface area contributed by atoms with Gasteiger partial charge in [-0.15, -0.1) is 0 Å². The largest absolute Gasteiger partial charge is 0.497 e. The number of rotatable bonds is 5. The van der Waals surface area contributed by atoms with Crippen molar-refractivity contribution in [3.05, 3.63) is 29.8 Å². The summed E-state index contributed by atoms with van der Waals surface area (Å²) in [4.78, 5) is 42.7. The fourth-order valence-corrected chi connectivity index (χ4v) is 4.85. The van der Waals surface area contributed by atoms with Gasteiger partial charge in [-0.3, -0.25) is 19.4 Å². The van der Waals surface area contributed by atoms with Crippen LogP contribution in [0.25, 0.3) is 0 Å². The van der Waals surface area contributed by atoms with Crippen LogP contribution < -0.4 is 4.74 Å². The minimum atomic E-state index is -0.681. The highest BCUT2D eigenvalue weighted by molar-refractivity contribution is 6.44. The molecule has 0 spiro atoms. The molecule has 4 rings (SSSR count). The third kappa shape index (κ3) is 3.88. The maximum absolute atomic E-state index is 13.0. The summed E-state index contributed by atoms with van der Waals surface area (Å²) in [6.45, 7) is 0.967. The minimum Gasteiger partial charge on any atom is -0.497 e. The summed E-state index contributed by atoms with van der Waals surface area (Å²) in [5.74, 6) is -0.533. The Balaban J connectivity index is 1.54. The molecule has 0 radical (unpaired) electrons. The molecule has 7 nitrogen and oxygen atoms in total. The smallest absolute Gasteiger partial charge is 0.335 e. The fourth-order valence-electron chi connectivity index (χ4n) is 4.85. The molecule has 1 aromatic rings. The normalized spacial score (nSPS) is 24.4. The number of amides is 4. The van der Waals surface area contributed by atoms with Crippen molar-refractivity contribution in [1.82, 2.24) is 14.7 Å². The van der Waals surface area contributed by atoms with Crippen LogP contribution in [0, 0.1) is 0 Å². The molecular formula is C22H29N3O4. The van der Waals surface area contributed by atoms with E-state index < -0.39 is 17.8 Å². The van der Waals surface area contributed by atoms with Gasteiger partial charge < -0.3 is 4.74 Å². The lowest BCUT2D eigenvalue weighted by Crippen LogP contribution is -2.45. The molecule has 3 aliphatic rings. The van der Waals surface area contributed by atoms with Gasteiger partial charge >= 0.3 is 17.8 Å². The van der Waals surface area contributed by atoms with Crippen molar-refractivity contribution in [2.75, 3.05) is 20.3 Å². The molecule has 1 aliphatic carbocycles. The molecule has 4 amide bonds. The Labute approximate surface area is 171 Å². The van der Waals surface area contributed by atoms with Gasteiger partial charge in [-0.2, -0.15) is 0 Å². The molecule has 2 heterocycles. The Morgan fingerprint density at radius 3 is 2.28 bits per heavy atom. The number of benzene rings is 1. The van der Waals surface area contributed by atoms with Gasteiger partial charge in [0, 0.05) is 18.6 Å². The summed E-state index contributed by atoms with van der Waals surface area (Å²) in [6.07, 6.45) is 7.81. The Hall–Kier alpha value is -2.41. The number of urea groups is 1. The topological polar surface area (TPSA) is 70.2 Å². The lowest BCUT2D eigenvalue weighted by molar-refractivity contribution is -0.144. The summed E-state index contributed by atoms with van der Waals surface area (Å²) < 4.78 is 5.26. The average molecular weight is 399 g/mol. The molecule has 7 heteroatoms. The highest BCUT2D eigenvalue weighted by atomic mass is 16.5. The van der Waals surface area contributed by atoms with E-state index in [1.165, 1.54) is 4.90 Å². The van der Waals surface area contributed by atoms with Crippen LogP contribution in [-0.2, 0) is 9.59 Å². The highest BCUT2D eigenvalue weighted by Gasteiger charge is 2.48. The van der Waals surface area contributed by atoms with Crippen LogP contribution >= 0.6 is 0 Å². The zero-order chi connectivity index (χ0) is 20.4. The van der Waals surface area contributed by atoms with E-state index in [1.54, 1.807) is 7.11 Å². The van der Waals surface area contributed by atoms with Crippen molar-refractivity contribution in [3.8, 4) is 5.75 Å². The van der Waals surface area contributed by atoms with Crippen molar-refractivity contribution >= 4 is 17.8 Å². The van der Waals surface area contributed by atoms with E-state index in [1.807, 2.05) is 24.3 Å². The van der Waals surface area contributed by atoms with Crippen LogP contribution in [0.3, 0.4) is 0 Å². The van der Waals surface area contributed by atoms with E-state index in [4.69, 9.17) is 4.74 Å². The van der Waals surface area contributed by atoms with Crippen LogP contribution in [0.2, 0.25) is 0 Å². The Morgan fingerprint density at radius 1 is 0.897 bits per heavy atom. The molecule has 1 saturated carbocycles. The van der Waals surface area contributed by atoms with E-state index in [-0.39, 0.29) is 18.8 Å². The Morgan fingerprint density at radius 2 is 1.59 bits per heavy atom. The molecule has 29 heavy (non-hydrogen) atoms. The van der Waals surface area contributed by atoms with Gasteiger partial charge in [0.2, 0.25) is 0 Å². The molecule has 0 aromatic heterocycles. The number of hydrogen-bond donors (Lipinski definition) is 0. The zero-order valence-corrected chi connectivity index (χ0v) is 17.0. The second-order valence-corrected chi connectivity index (χ2v) is 8.22. The lowest BCUT2D eigenvalue weighted by atomic mass is 10.0. The van der Waals surface area contributed by atoms with Gasteiger partial charge in [-0.05, 0) is 43.4 Å². The van der Waals surface area contributed by atoms with Gasteiger partial charge in [0.15, 0.2) is 0 Å². The van der Waals surface area contributed by atoms with Crippen molar-refractivity contribution in [2.45, 2.75) is 63.5 Å². The van der Waals surface area contributed by atoms with Gasteiger partial charge in [-0.25, -0.2) is 9.69 Å². The standard InChI is InChI=1S/C22H29N3O4/c1-29-18-12-10-16(11-13-18)19-9-3-2-6-14-23(19)15-24-20(26)21(27)25(22(24)28)17-7-4-5-8-17/h10-13,17,19H,2-9,14-15H2,1H3. The average Bonchev–Trinajstić information content (AvgIpc) is 3.24. The molecule has 2 aliphatic heterocycles. The molecule has 156 valence electrons. The van der Waals surface area contributed by atoms with Crippen molar-refractivity contribution in [2.24, 2.45) is 0 Å². The van der Waals surface area contributed by atoms with Crippen LogP contribution in [0.1, 0.15) is 63.0 Å². The number of ether oxygens (including phenoxy) is 1. The summed E-state index contributed by atoms with van der Waals surface area (Å²) in [5.41, 5.74) is 1.14. The summed E-state index contributed by atoms with van der Waals surface area (Å²) in [5, 5.41) is 0. The number of carbonyl (C=O) groups excluding carboxylic acids is 3. The summed E-state index contributed by atoms with van der Waals surface area (Å²) in [6, 6.07) is 7.53. The van der Waals surface area contributed by atoms with Crippen molar-refractivity contribution in [3.63, 3.8) is 0 Å². The number of likely N-dealkylation sites (tertiary alicyclic amines) is 1. The molecule has 0 N–H and O–H groups in total. The number of methoxy groups -OCH3 is 1. The minimum absolute atomic E-state index is 0.111. The Kier molecular flexibility index (Phi) is 5.85. The molecule has 1 unspecified atom stereocenters. The van der Waals surface area contributed by atoms with Crippen LogP contribution in [0.4, 0.5) is 4.79 Å². The predicted octanol–water partition coefficient (Wildman–Crippen LogP) is 3.30. The van der Waals surface area contributed by atoms with Crippen molar-refractivity contribution in [1.29, 1.82) is 0 Å². The zero-order valence-electron chi connectivity index (χ0n) is 17.0. The van der Waals surface area contributed by atoms with E-state index >= 15 is 0 Å². The monoisotopic (exact) mass is 399 g/mol. The lowest BCUT2D eigenvalue weighted by Gasteiger charge is -2.33. The number of imide groups is 2. The van der Waals surface area contributed by atoms with E-state index in [0.29, 0.717) is 0 Å². The third-order valence-electron chi connectivity index (χ3n) is 6.46. The van der Waals surface area contributed by atoms with Gasteiger partial charge in [0.25, 0.3) is 0 Å². The third-order valence-corrected chi connectivity index (χ3v) is 6.46. The Bertz CT molecular complexity index is 773. The van der Waals surface area contributed by atoms with Gasteiger partial charge in [0.05, 0.1) is 13.8 Å². The molecule has 1 aromatic carbocycles. The number of hydrogen-bond acceptors (Lipinski definition) is 5. The van der Waals surface area contributed by atoms with E-state index in [2.05, 4.69) is 4.90 Å². The second kappa shape index (κ2) is 8.53.